The number of rotatable bonds is 6. The molecule has 13 heavy (non-hydrogen) atoms. The second kappa shape index (κ2) is 6.28. The monoisotopic (exact) mass is 293 g/mol. The standard InChI is InChI=1S/C10H21BIN/c1-5-10(4,6-2)13(8-7-11)9(3)12/h9H,5-8H2,1-4H3. The first kappa shape index (κ1) is 13.8. The van der Waals surface area contributed by atoms with Gasteiger partial charge >= 0.3 is 0 Å². The lowest BCUT2D eigenvalue weighted by Gasteiger charge is -2.42. The highest BCUT2D eigenvalue weighted by atomic mass is 127. The van der Waals surface area contributed by atoms with E-state index >= 15 is 0 Å². The van der Waals surface area contributed by atoms with E-state index in [0.29, 0.717) is 9.59 Å². The molecule has 0 aromatic rings. The average Bonchev–Trinajstić information content (AvgIpc) is 2.12. The van der Waals surface area contributed by atoms with Crippen LogP contribution < -0.4 is 0 Å². The smallest absolute Gasteiger partial charge is 0.0670 e. The van der Waals surface area contributed by atoms with Gasteiger partial charge < -0.3 is 0 Å². The predicted octanol–water partition coefficient (Wildman–Crippen LogP) is 3.23. The highest BCUT2D eigenvalue weighted by molar-refractivity contribution is 14.1. The van der Waals surface area contributed by atoms with Crippen LogP contribution >= 0.6 is 22.6 Å². The molecule has 0 rings (SSSR count). The van der Waals surface area contributed by atoms with E-state index in [1.807, 2.05) is 0 Å². The first-order valence-corrected chi connectivity index (χ1v) is 6.37. The Balaban J connectivity index is 4.48. The summed E-state index contributed by atoms with van der Waals surface area (Å²) in [5.41, 5.74) is 0.319. The minimum absolute atomic E-state index is 0.319. The molecule has 0 N–H and O–H groups in total. The molecule has 0 saturated carbocycles. The third kappa shape index (κ3) is 3.78. The Morgan fingerprint density at radius 3 is 2.08 bits per heavy atom. The van der Waals surface area contributed by atoms with Crippen LogP contribution in [0.4, 0.5) is 0 Å². The van der Waals surface area contributed by atoms with Crippen molar-refractivity contribution in [2.45, 2.75) is 56.4 Å². The van der Waals surface area contributed by atoms with Crippen LogP contribution in [0.5, 0.6) is 0 Å². The molecule has 0 aromatic carbocycles. The maximum absolute atomic E-state index is 5.63. The summed E-state index contributed by atoms with van der Waals surface area (Å²) < 4.78 is 0.561. The first-order chi connectivity index (χ1) is 6.01. The number of alkyl halides is 1. The molecule has 0 amide bonds. The number of hydrogen-bond acceptors (Lipinski definition) is 1. The molecular weight excluding hydrogens is 272 g/mol. The van der Waals surface area contributed by atoms with Gasteiger partial charge in [0.25, 0.3) is 0 Å². The molecule has 0 aliphatic carbocycles. The second-order valence-electron chi connectivity index (χ2n) is 3.76. The van der Waals surface area contributed by atoms with E-state index in [9.17, 15) is 0 Å². The number of halogens is 1. The fourth-order valence-electron chi connectivity index (χ4n) is 1.67. The Morgan fingerprint density at radius 1 is 1.38 bits per heavy atom. The Kier molecular flexibility index (Phi) is 6.64. The van der Waals surface area contributed by atoms with Crippen molar-refractivity contribution in [2.75, 3.05) is 6.54 Å². The zero-order valence-corrected chi connectivity index (χ0v) is 11.5. The van der Waals surface area contributed by atoms with Crippen molar-refractivity contribution in [2.24, 2.45) is 0 Å². The van der Waals surface area contributed by atoms with Crippen LogP contribution in [0.1, 0.15) is 40.5 Å². The van der Waals surface area contributed by atoms with Crippen LogP contribution in [0.3, 0.4) is 0 Å². The van der Waals surface area contributed by atoms with Crippen LogP contribution in [-0.4, -0.2) is 28.9 Å². The summed E-state index contributed by atoms with van der Waals surface area (Å²) in [5.74, 6) is 0. The van der Waals surface area contributed by atoms with Crippen molar-refractivity contribution in [1.29, 1.82) is 0 Å². The minimum Gasteiger partial charge on any atom is -0.287 e. The molecule has 2 radical (unpaired) electrons. The molecule has 0 aliphatic heterocycles. The van der Waals surface area contributed by atoms with Gasteiger partial charge in [0.2, 0.25) is 0 Å². The predicted molar refractivity (Wildman–Crippen MR) is 69.7 cm³/mol. The highest BCUT2D eigenvalue weighted by Crippen LogP contribution is 2.27. The van der Waals surface area contributed by atoms with Gasteiger partial charge in [0.05, 0.1) is 11.9 Å². The maximum Gasteiger partial charge on any atom is 0.0670 e. The van der Waals surface area contributed by atoms with E-state index < -0.39 is 0 Å². The van der Waals surface area contributed by atoms with Gasteiger partial charge in [0, 0.05) is 5.54 Å². The molecule has 0 spiro atoms. The van der Waals surface area contributed by atoms with Crippen LogP contribution in [0.15, 0.2) is 0 Å². The van der Waals surface area contributed by atoms with Gasteiger partial charge in [-0.15, -0.1) is 0 Å². The van der Waals surface area contributed by atoms with E-state index in [2.05, 4.69) is 55.2 Å². The lowest BCUT2D eigenvalue weighted by Crippen LogP contribution is -2.48. The fraction of sp³-hybridized carbons (Fsp3) is 1.00. The number of nitrogens with zero attached hydrogens (tertiary/aromatic N) is 1. The average molecular weight is 293 g/mol. The summed E-state index contributed by atoms with van der Waals surface area (Å²) >= 11 is 2.47. The summed E-state index contributed by atoms with van der Waals surface area (Å²) in [6, 6.07) is 0. The zero-order chi connectivity index (χ0) is 10.5. The normalized spacial score (nSPS) is 14.9. The van der Waals surface area contributed by atoms with Gasteiger partial charge in [0.15, 0.2) is 0 Å². The summed E-state index contributed by atoms with van der Waals surface area (Å²) in [7, 11) is 5.63. The Morgan fingerprint density at radius 2 is 1.85 bits per heavy atom. The molecule has 1 nitrogen and oxygen atoms in total. The van der Waals surface area contributed by atoms with Crippen LogP contribution in [0.2, 0.25) is 6.32 Å². The van der Waals surface area contributed by atoms with E-state index in [0.717, 1.165) is 12.9 Å². The topological polar surface area (TPSA) is 3.24 Å². The van der Waals surface area contributed by atoms with Crippen molar-refractivity contribution in [3.05, 3.63) is 0 Å². The summed E-state index contributed by atoms with van der Waals surface area (Å²) in [6.45, 7) is 10.1. The van der Waals surface area contributed by atoms with Gasteiger partial charge in [-0.3, -0.25) is 4.90 Å². The second-order valence-corrected chi connectivity index (χ2v) is 5.56. The molecule has 3 heteroatoms. The van der Waals surface area contributed by atoms with Crippen LogP contribution in [0.25, 0.3) is 0 Å². The van der Waals surface area contributed by atoms with E-state index in [1.165, 1.54) is 12.8 Å². The van der Waals surface area contributed by atoms with Gasteiger partial charge in [0.1, 0.15) is 0 Å². The van der Waals surface area contributed by atoms with Gasteiger partial charge in [-0.05, 0) is 33.2 Å². The Labute approximate surface area is 98.2 Å². The zero-order valence-electron chi connectivity index (χ0n) is 9.31. The molecule has 76 valence electrons. The van der Waals surface area contributed by atoms with E-state index in [-0.39, 0.29) is 0 Å². The third-order valence-corrected chi connectivity index (χ3v) is 3.69. The lowest BCUT2D eigenvalue weighted by atomic mass is 9.91. The molecular formula is C10H21BIN. The lowest BCUT2D eigenvalue weighted by molar-refractivity contribution is 0.101. The summed E-state index contributed by atoms with van der Waals surface area (Å²) in [5, 5.41) is 0. The minimum atomic E-state index is 0.319. The molecule has 1 unspecified atom stereocenters. The SMILES string of the molecule is [B]CCN(C(C)I)C(C)(CC)CC. The summed E-state index contributed by atoms with van der Waals surface area (Å²) in [4.78, 5) is 2.51. The van der Waals surface area contributed by atoms with Crippen molar-refractivity contribution < 1.29 is 0 Å². The largest absolute Gasteiger partial charge is 0.287 e. The van der Waals surface area contributed by atoms with Crippen molar-refractivity contribution in [3.63, 3.8) is 0 Å². The third-order valence-electron chi connectivity index (χ3n) is 3.02. The highest BCUT2D eigenvalue weighted by Gasteiger charge is 2.29. The molecule has 0 bridgehead atoms. The van der Waals surface area contributed by atoms with Gasteiger partial charge in [-0.1, -0.05) is 42.8 Å². The molecule has 0 fully saturated rings. The summed E-state index contributed by atoms with van der Waals surface area (Å²) in [6.07, 6.45) is 3.14. The van der Waals surface area contributed by atoms with E-state index in [1.54, 1.807) is 0 Å². The van der Waals surface area contributed by atoms with Crippen LogP contribution in [0, 0.1) is 0 Å². The fourth-order valence-corrected chi connectivity index (χ4v) is 2.62. The Bertz CT molecular complexity index is 135. The molecule has 0 aromatic heterocycles. The van der Waals surface area contributed by atoms with Crippen LogP contribution in [-0.2, 0) is 0 Å². The molecule has 0 saturated heterocycles. The first-order valence-electron chi connectivity index (χ1n) is 5.12. The number of hydrogen-bond donors (Lipinski definition) is 0. The van der Waals surface area contributed by atoms with E-state index in [4.69, 9.17) is 7.85 Å². The van der Waals surface area contributed by atoms with Gasteiger partial charge in [-0.2, -0.15) is 0 Å². The Hall–Kier alpha value is 0.755. The van der Waals surface area contributed by atoms with Crippen molar-refractivity contribution in [1.82, 2.24) is 4.90 Å². The molecule has 0 aliphatic rings. The van der Waals surface area contributed by atoms with Gasteiger partial charge in [-0.25, -0.2) is 0 Å². The quantitative estimate of drug-likeness (QED) is 0.314. The molecule has 1 atom stereocenters. The van der Waals surface area contributed by atoms with Crippen molar-refractivity contribution >= 4 is 30.4 Å². The molecule has 0 heterocycles. The maximum atomic E-state index is 5.63. The van der Waals surface area contributed by atoms with Crippen molar-refractivity contribution in [3.8, 4) is 0 Å².